The molecule has 7 heteroatoms. The van der Waals surface area contributed by atoms with Crippen LogP contribution in [0.3, 0.4) is 0 Å². The Balaban J connectivity index is 1.52. The van der Waals surface area contributed by atoms with Gasteiger partial charge in [0.05, 0.1) is 12.7 Å². The predicted octanol–water partition coefficient (Wildman–Crippen LogP) is 3.55. The maximum Gasteiger partial charge on any atom is 0.292 e. The molecule has 0 unspecified atom stereocenters. The van der Waals surface area contributed by atoms with Gasteiger partial charge in [-0.1, -0.05) is 49.2 Å². The van der Waals surface area contributed by atoms with Crippen LogP contribution in [0.2, 0.25) is 0 Å². The van der Waals surface area contributed by atoms with Crippen LogP contribution in [0.1, 0.15) is 41.6 Å². The highest BCUT2D eigenvalue weighted by atomic mass is 16.5. The number of nitrogens with one attached hydrogen (secondary N) is 1. The van der Waals surface area contributed by atoms with Crippen molar-refractivity contribution >= 4 is 28.5 Å². The van der Waals surface area contributed by atoms with Gasteiger partial charge >= 0.3 is 0 Å². The number of rotatable bonds is 7. The number of hydrogen-bond acceptors (Lipinski definition) is 4. The molecule has 0 saturated carbocycles. The van der Waals surface area contributed by atoms with E-state index in [2.05, 4.69) is 5.32 Å². The van der Waals surface area contributed by atoms with Crippen molar-refractivity contribution in [3.8, 4) is 5.75 Å². The number of fused-ring (bicyclic) bond motifs is 1. The van der Waals surface area contributed by atoms with Gasteiger partial charge in [-0.3, -0.25) is 14.4 Å². The summed E-state index contributed by atoms with van der Waals surface area (Å²) in [5, 5.41) is 3.36. The van der Waals surface area contributed by atoms with Crippen molar-refractivity contribution < 1.29 is 19.1 Å². The maximum atomic E-state index is 13.0. The minimum absolute atomic E-state index is 0.0391. The fraction of sp³-hybridized carbons (Fsp3) is 0.346. The molecule has 7 nitrogen and oxygen atoms in total. The summed E-state index contributed by atoms with van der Waals surface area (Å²) in [7, 11) is 1.56. The molecule has 3 aromatic rings. The number of amides is 2. The van der Waals surface area contributed by atoms with E-state index in [1.807, 2.05) is 47.4 Å². The lowest BCUT2D eigenvalue weighted by Gasteiger charge is -2.20. The van der Waals surface area contributed by atoms with Crippen molar-refractivity contribution in [1.29, 1.82) is 0 Å². The van der Waals surface area contributed by atoms with E-state index in [4.69, 9.17) is 4.74 Å². The number of ketones is 1. The first-order valence-electron chi connectivity index (χ1n) is 11.4. The number of aromatic nitrogens is 1. The zero-order chi connectivity index (χ0) is 23.2. The number of likely N-dealkylation sites (tertiary alicyclic amines) is 1. The molecule has 1 N–H and O–H groups in total. The highest BCUT2D eigenvalue weighted by molar-refractivity contribution is 6.45. The van der Waals surface area contributed by atoms with Gasteiger partial charge in [-0.25, -0.2) is 0 Å². The first-order valence-corrected chi connectivity index (χ1v) is 11.4. The third-order valence-corrected chi connectivity index (χ3v) is 6.14. The number of hydrogen-bond donors (Lipinski definition) is 1. The number of nitrogens with zero attached hydrogens (tertiary/aromatic N) is 2. The first-order chi connectivity index (χ1) is 16.1. The van der Waals surface area contributed by atoms with Gasteiger partial charge in [0.1, 0.15) is 12.3 Å². The summed E-state index contributed by atoms with van der Waals surface area (Å²) in [6.45, 7) is 1.88. The van der Waals surface area contributed by atoms with E-state index in [0.29, 0.717) is 16.7 Å². The topological polar surface area (TPSA) is 80.6 Å². The Bertz CT molecular complexity index is 1160. The van der Waals surface area contributed by atoms with Crippen LogP contribution in [0, 0.1) is 0 Å². The van der Waals surface area contributed by atoms with Gasteiger partial charge in [-0.15, -0.1) is 0 Å². The van der Waals surface area contributed by atoms with Crippen molar-refractivity contribution in [3.63, 3.8) is 0 Å². The molecule has 33 heavy (non-hydrogen) atoms. The highest BCUT2D eigenvalue weighted by Gasteiger charge is 2.23. The number of methoxy groups -OCH3 is 1. The zero-order valence-corrected chi connectivity index (χ0v) is 18.9. The largest absolute Gasteiger partial charge is 0.496 e. The van der Waals surface area contributed by atoms with E-state index >= 15 is 0 Å². The Morgan fingerprint density at radius 3 is 2.39 bits per heavy atom. The van der Waals surface area contributed by atoms with Crippen molar-refractivity contribution in [2.24, 2.45) is 0 Å². The molecule has 0 spiro atoms. The smallest absolute Gasteiger partial charge is 0.292 e. The van der Waals surface area contributed by atoms with Crippen molar-refractivity contribution in [2.75, 3.05) is 20.2 Å². The van der Waals surface area contributed by atoms with Crippen LogP contribution in [-0.2, 0) is 22.7 Å². The molecule has 1 aromatic heterocycles. The average molecular weight is 448 g/mol. The molecule has 1 aliphatic rings. The SMILES string of the molecule is COc1ccccc1CNC(=O)C(=O)c1cn(CC(=O)N2CCCCCC2)c2ccccc12. The molecule has 4 rings (SSSR count). The van der Waals surface area contributed by atoms with E-state index in [9.17, 15) is 14.4 Å². The lowest BCUT2D eigenvalue weighted by Crippen LogP contribution is -2.34. The van der Waals surface area contributed by atoms with Gasteiger partial charge in [0.15, 0.2) is 0 Å². The molecular formula is C26H29N3O4. The lowest BCUT2D eigenvalue weighted by atomic mass is 10.1. The second-order valence-corrected chi connectivity index (χ2v) is 8.31. The number of para-hydroxylation sites is 2. The number of carbonyl (C=O) groups is 3. The van der Waals surface area contributed by atoms with E-state index in [1.54, 1.807) is 23.9 Å². The molecule has 0 aliphatic carbocycles. The van der Waals surface area contributed by atoms with Gasteiger partial charge < -0.3 is 19.5 Å². The molecule has 1 fully saturated rings. The van der Waals surface area contributed by atoms with Crippen LogP contribution in [-0.4, -0.2) is 47.3 Å². The Kier molecular flexibility index (Phi) is 7.07. The van der Waals surface area contributed by atoms with Gasteiger partial charge in [0.2, 0.25) is 5.91 Å². The first kappa shape index (κ1) is 22.6. The van der Waals surface area contributed by atoms with E-state index in [-0.39, 0.29) is 19.0 Å². The van der Waals surface area contributed by atoms with Crippen molar-refractivity contribution in [3.05, 3.63) is 65.9 Å². The summed E-state index contributed by atoms with van der Waals surface area (Å²) >= 11 is 0. The van der Waals surface area contributed by atoms with Crippen LogP contribution >= 0.6 is 0 Å². The molecule has 172 valence electrons. The molecule has 1 saturated heterocycles. The fourth-order valence-corrected chi connectivity index (χ4v) is 4.35. The second kappa shape index (κ2) is 10.3. The number of carbonyl (C=O) groups excluding carboxylic acids is 3. The van der Waals surface area contributed by atoms with Crippen LogP contribution in [0.5, 0.6) is 5.75 Å². The van der Waals surface area contributed by atoms with E-state index < -0.39 is 11.7 Å². The summed E-state index contributed by atoms with van der Waals surface area (Å²) in [6, 6.07) is 14.7. The van der Waals surface area contributed by atoms with Crippen molar-refractivity contribution in [2.45, 2.75) is 38.8 Å². The van der Waals surface area contributed by atoms with Gasteiger partial charge in [-0.05, 0) is 25.0 Å². The van der Waals surface area contributed by atoms with Crippen LogP contribution in [0.4, 0.5) is 0 Å². The van der Waals surface area contributed by atoms with E-state index in [0.717, 1.165) is 49.9 Å². The minimum Gasteiger partial charge on any atom is -0.496 e. The summed E-state index contributed by atoms with van der Waals surface area (Å²) in [5.74, 6) is -0.629. The molecule has 0 atom stereocenters. The lowest BCUT2D eigenvalue weighted by molar-refractivity contribution is -0.131. The van der Waals surface area contributed by atoms with Crippen LogP contribution < -0.4 is 10.1 Å². The van der Waals surface area contributed by atoms with E-state index in [1.165, 1.54) is 0 Å². The summed E-state index contributed by atoms with van der Waals surface area (Å²) in [4.78, 5) is 40.6. The van der Waals surface area contributed by atoms with Crippen LogP contribution in [0.15, 0.2) is 54.7 Å². The third-order valence-electron chi connectivity index (χ3n) is 6.14. The summed E-state index contributed by atoms with van der Waals surface area (Å²) in [5.41, 5.74) is 1.85. The molecule has 2 amide bonds. The molecule has 2 aromatic carbocycles. The maximum absolute atomic E-state index is 13.0. The third kappa shape index (κ3) is 5.08. The second-order valence-electron chi connectivity index (χ2n) is 8.31. The number of benzene rings is 2. The summed E-state index contributed by atoms with van der Waals surface area (Å²) < 4.78 is 7.08. The predicted molar refractivity (Wildman–Crippen MR) is 126 cm³/mol. The Hall–Kier alpha value is -3.61. The minimum atomic E-state index is -0.692. The normalized spacial score (nSPS) is 14.0. The number of ether oxygens (including phenoxy) is 1. The summed E-state index contributed by atoms with van der Waals surface area (Å²) in [6.07, 6.45) is 5.98. The Morgan fingerprint density at radius 1 is 0.939 bits per heavy atom. The van der Waals surface area contributed by atoms with Gasteiger partial charge in [0, 0.05) is 42.3 Å². The average Bonchev–Trinajstić information content (AvgIpc) is 3.01. The molecule has 1 aliphatic heterocycles. The van der Waals surface area contributed by atoms with Crippen LogP contribution in [0.25, 0.3) is 10.9 Å². The fourth-order valence-electron chi connectivity index (χ4n) is 4.35. The molecule has 0 radical (unpaired) electrons. The zero-order valence-electron chi connectivity index (χ0n) is 18.9. The Labute approximate surface area is 193 Å². The highest BCUT2D eigenvalue weighted by Crippen LogP contribution is 2.23. The molecule has 0 bridgehead atoms. The quantitative estimate of drug-likeness (QED) is 0.444. The van der Waals surface area contributed by atoms with Gasteiger partial charge in [0.25, 0.3) is 11.7 Å². The monoisotopic (exact) mass is 447 g/mol. The van der Waals surface area contributed by atoms with Crippen molar-refractivity contribution in [1.82, 2.24) is 14.8 Å². The Morgan fingerprint density at radius 2 is 1.64 bits per heavy atom. The van der Waals surface area contributed by atoms with Gasteiger partial charge in [-0.2, -0.15) is 0 Å². The molecule has 2 heterocycles. The molecular weight excluding hydrogens is 418 g/mol. The standard InChI is InChI=1S/C26H29N3O4/c1-33-23-13-7-4-10-19(23)16-27-26(32)25(31)21-17-29(22-12-6-5-11-20(21)22)18-24(30)28-14-8-2-3-9-15-28/h4-7,10-13,17H,2-3,8-9,14-16,18H2,1H3,(H,27,32). The number of Topliss-reactive ketones (excluding diaryl/α,β-unsaturated/α-hetero) is 1.